The molecule has 1 aliphatic heterocycles. The maximum Gasteiger partial charge on any atom is 0.305 e. The molecule has 1 atom stereocenters. The van der Waals surface area contributed by atoms with Gasteiger partial charge in [-0.25, -0.2) is 0 Å². The molecule has 6 heteroatoms. The van der Waals surface area contributed by atoms with Gasteiger partial charge in [0.25, 0.3) is 0 Å². The van der Waals surface area contributed by atoms with Crippen molar-refractivity contribution >= 4 is 27.8 Å². The Bertz CT molecular complexity index is 529. The van der Waals surface area contributed by atoms with Gasteiger partial charge in [0, 0.05) is 24.2 Å². The van der Waals surface area contributed by atoms with Gasteiger partial charge < -0.3 is 14.7 Å². The van der Waals surface area contributed by atoms with Crippen LogP contribution in [0.5, 0.6) is 0 Å². The van der Waals surface area contributed by atoms with Crippen molar-refractivity contribution in [3.8, 4) is 0 Å². The van der Waals surface area contributed by atoms with Crippen molar-refractivity contribution in [1.82, 2.24) is 4.90 Å². The highest BCUT2D eigenvalue weighted by Gasteiger charge is 2.23. The molecular formula is C16H20BrNO4. The Hall–Kier alpha value is -1.40. The number of amides is 1. The highest BCUT2D eigenvalue weighted by molar-refractivity contribution is 9.10. The van der Waals surface area contributed by atoms with Crippen LogP contribution in [-0.4, -0.2) is 47.7 Å². The summed E-state index contributed by atoms with van der Waals surface area (Å²) in [5.74, 6) is -0.963. The van der Waals surface area contributed by atoms with Crippen LogP contribution in [0, 0.1) is 0 Å². The molecule has 1 N–H and O–H groups in total. The summed E-state index contributed by atoms with van der Waals surface area (Å²) >= 11 is 3.43. The molecule has 5 nitrogen and oxygen atoms in total. The molecule has 1 unspecified atom stereocenters. The minimum Gasteiger partial charge on any atom is -0.481 e. The lowest BCUT2D eigenvalue weighted by atomic mass is 10.1. The molecule has 22 heavy (non-hydrogen) atoms. The van der Waals surface area contributed by atoms with Gasteiger partial charge in [0.05, 0.1) is 18.9 Å². The van der Waals surface area contributed by atoms with Crippen molar-refractivity contribution < 1.29 is 19.4 Å². The Morgan fingerprint density at radius 1 is 1.36 bits per heavy atom. The molecule has 2 rings (SSSR count). The smallest absolute Gasteiger partial charge is 0.305 e. The molecule has 1 saturated heterocycles. The van der Waals surface area contributed by atoms with E-state index in [0.29, 0.717) is 6.54 Å². The maximum absolute atomic E-state index is 12.5. The number of halogens is 1. The van der Waals surface area contributed by atoms with Gasteiger partial charge in [-0.15, -0.1) is 0 Å². The van der Waals surface area contributed by atoms with Crippen molar-refractivity contribution in [1.29, 1.82) is 0 Å². The monoisotopic (exact) mass is 369 g/mol. The summed E-state index contributed by atoms with van der Waals surface area (Å²) in [5.41, 5.74) is 0.903. The van der Waals surface area contributed by atoms with Gasteiger partial charge in [-0.3, -0.25) is 9.59 Å². The fraction of sp³-hybridized carbons (Fsp3) is 0.500. The molecule has 0 spiro atoms. The van der Waals surface area contributed by atoms with E-state index in [9.17, 15) is 9.59 Å². The Morgan fingerprint density at radius 2 is 2.14 bits per heavy atom. The number of ether oxygens (including phenoxy) is 1. The third-order valence-corrected chi connectivity index (χ3v) is 4.47. The third-order valence-electron chi connectivity index (χ3n) is 3.70. The number of carboxylic acids is 1. The van der Waals surface area contributed by atoms with Crippen molar-refractivity contribution in [3.63, 3.8) is 0 Å². The summed E-state index contributed by atoms with van der Waals surface area (Å²) < 4.78 is 6.45. The molecule has 1 amide bonds. The first-order valence-corrected chi connectivity index (χ1v) is 8.20. The number of hydrogen-bond acceptors (Lipinski definition) is 3. The van der Waals surface area contributed by atoms with E-state index in [-0.39, 0.29) is 31.4 Å². The lowest BCUT2D eigenvalue weighted by Crippen LogP contribution is -2.39. The number of rotatable bonds is 7. The second kappa shape index (κ2) is 8.29. The molecule has 0 aliphatic carbocycles. The van der Waals surface area contributed by atoms with Crippen LogP contribution in [0.1, 0.15) is 24.8 Å². The highest BCUT2D eigenvalue weighted by atomic mass is 79.9. The van der Waals surface area contributed by atoms with Gasteiger partial charge in [-0.1, -0.05) is 34.1 Å². The van der Waals surface area contributed by atoms with E-state index in [4.69, 9.17) is 9.84 Å². The number of carbonyl (C=O) groups is 2. The number of benzene rings is 1. The average Bonchev–Trinajstić information content (AvgIpc) is 2.98. The first-order valence-electron chi connectivity index (χ1n) is 7.41. The quantitative estimate of drug-likeness (QED) is 0.801. The average molecular weight is 370 g/mol. The topological polar surface area (TPSA) is 66.8 Å². The lowest BCUT2D eigenvalue weighted by molar-refractivity contribution is -0.139. The normalized spacial score (nSPS) is 17.4. The Morgan fingerprint density at radius 3 is 2.77 bits per heavy atom. The van der Waals surface area contributed by atoms with E-state index in [1.54, 1.807) is 4.90 Å². The van der Waals surface area contributed by atoms with E-state index in [1.807, 2.05) is 24.3 Å². The van der Waals surface area contributed by atoms with Crippen molar-refractivity contribution in [2.45, 2.75) is 31.8 Å². The maximum atomic E-state index is 12.5. The van der Waals surface area contributed by atoms with E-state index in [1.165, 1.54) is 0 Å². The minimum absolute atomic E-state index is 0.0250. The molecule has 120 valence electrons. The van der Waals surface area contributed by atoms with Gasteiger partial charge in [-0.2, -0.15) is 0 Å². The molecule has 0 saturated carbocycles. The Labute approximate surface area is 138 Å². The SMILES string of the molecule is O=C(O)CCN(CC1CCCO1)C(=O)Cc1ccccc1Br. The summed E-state index contributed by atoms with van der Waals surface area (Å²) in [4.78, 5) is 24.9. The van der Waals surface area contributed by atoms with Crippen LogP contribution in [0.15, 0.2) is 28.7 Å². The lowest BCUT2D eigenvalue weighted by Gasteiger charge is -2.25. The molecule has 1 aliphatic rings. The second-order valence-corrected chi connectivity index (χ2v) is 6.24. The van der Waals surface area contributed by atoms with Gasteiger partial charge in [-0.05, 0) is 24.5 Å². The summed E-state index contributed by atoms with van der Waals surface area (Å²) in [5, 5.41) is 8.86. The number of carboxylic acid groups (broad SMARTS) is 1. The standard InChI is InChI=1S/C16H20BrNO4/c17-14-6-2-1-4-12(14)10-15(19)18(8-7-16(20)21)11-13-5-3-9-22-13/h1-2,4,6,13H,3,5,7-11H2,(H,20,21). The van der Waals surface area contributed by atoms with E-state index in [0.717, 1.165) is 29.5 Å². The summed E-state index contributed by atoms with van der Waals surface area (Å²) in [7, 11) is 0. The van der Waals surface area contributed by atoms with Gasteiger partial charge in [0.15, 0.2) is 0 Å². The van der Waals surface area contributed by atoms with Crippen molar-refractivity contribution in [2.75, 3.05) is 19.7 Å². The molecule has 0 bridgehead atoms. The van der Waals surface area contributed by atoms with E-state index < -0.39 is 5.97 Å². The number of aliphatic carboxylic acids is 1. The molecular weight excluding hydrogens is 350 g/mol. The first-order chi connectivity index (χ1) is 10.6. The molecule has 1 aromatic carbocycles. The van der Waals surface area contributed by atoms with Gasteiger partial charge in [0.2, 0.25) is 5.91 Å². The van der Waals surface area contributed by atoms with E-state index >= 15 is 0 Å². The predicted molar refractivity (Wildman–Crippen MR) is 85.7 cm³/mol. The molecule has 1 fully saturated rings. The van der Waals surface area contributed by atoms with Gasteiger partial charge in [0.1, 0.15) is 0 Å². The van der Waals surface area contributed by atoms with Crippen LogP contribution >= 0.6 is 15.9 Å². The fourth-order valence-corrected chi connectivity index (χ4v) is 2.92. The summed E-state index contributed by atoms with van der Waals surface area (Å²) in [6.45, 7) is 1.41. The predicted octanol–water partition coefficient (Wildman–Crippen LogP) is 2.47. The zero-order chi connectivity index (χ0) is 15.9. The van der Waals surface area contributed by atoms with Crippen LogP contribution in [0.25, 0.3) is 0 Å². The van der Waals surface area contributed by atoms with Crippen LogP contribution in [0.2, 0.25) is 0 Å². The molecule has 0 aromatic heterocycles. The molecule has 1 aromatic rings. The summed E-state index contributed by atoms with van der Waals surface area (Å²) in [6.07, 6.45) is 2.15. The van der Waals surface area contributed by atoms with E-state index in [2.05, 4.69) is 15.9 Å². The van der Waals surface area contributed by atoms with Crippen LogP contribution < -0.4 is 0 Å². The van der Waals surface area contributed by atoms with Crippen LogP contribution in [0.3, 0.4) is 0 Å². The second-order valence-electron chi connectivity index (χ2n) is 5.39. The van der Waals surface area contributed by atoms with Crippen LogP contribution in [-0.2, 0) is 20.7 Å². The number of hydrogen-bond donors (Lipinski definition) is 1. The zero-order valence-corrected chi connectivity index (χ0v) is 13.9. The Balaban J connectivity index is 2.00. The van der Waals surface area contributed by atoms with Crippen LogP contribution in [0.4, 0.5) is 0 Å². The zero-order valence-electron chi connectivity index (χ0n) is 12.3. The molecule has 0 radical (unpaired) electrons. The summed E-state index contributed by atoms with van der Waals surface area (Å²) in [6, 6.07) is 7.56. The number of carbonyl (C=O) groups excluding carboxylic acids is 1. The minimum atomic E-state index is -0.897. The largest absolute Gasteiger partial charge is 0.481 e. The number of nitrogens with zero attached hydrogens (tertiary/aromatic N) is 1. The van der Waals surface area contributed by atoms with Crippen molar-refractivity contribution in [2.24, 2.45) is 0 Å². The third kappa shape index (κ3) is 5.10. The van der Waals surface area contributed by atoms with Crippen molar-refractivity contribution in [3.05, 3.63) is 34.3 Å². The highest BCUT2D eigenvalue weighted by Crippen LogP contribution is 2.18. The Kier molecular flexibility index (Phi) is 6.39. The fourth-order valence-electron chi connectivity index (χ4n) is 2.50. The molecule has 1 heterocycles. The first kappa shape index (κ1) is 17.0. The van der Waals surface area contributed by atoms with Gasteiger partial charge >= 0.3 is 5.97 Å².